The van der Waals surface area contributed by atoms with Crippen LogP contribution >= 0.6 is 34.3 Å². The van der Waals surface area contributed by atoms with E-state index in [0.717, 1.165) is 16.2 Å². The molecule has 2 amide bonds. The zero-order valence-electron chi connectivity index (χ0n) is 16.4. The van der Waals surface area contributed by atoms with Crippen LogP contribution in [0.3, 0.4) is 0 Å². The van der Waals surface area contributed by atoms with E-state index in [1.165, 1.54) is 0 Å². The molecule has 3 aromatic rings. The van der Waals surface area contributed by atoms with Gasteiger partial charge in [-0.05, 0) is 35.6 Å². The van der Waals surface area contributed by atoms with Crippen LogP contribution in [0.1, 0.15) is 39.6 Å². The van der Waals surface area contributed by atoms with Gasteiger partial charge < -0.3 is 15.4 Å². The summed E-state index contributed by atoms with van der Waals surface area (Å²) in [5.74, 6) is -0.323. The number of nitrogens with one attached hydrogen (secondary N) is 2. The van der Waals surface area contributed by atoms with Crippen molar-refractivity contribution in [3.8, 4) is 0 Å². The predicted molar refractivity (Wildman–Crippen MR) is 119 cm³/mol. The SMILES string of the molecule is CC(C)[C@@H](NC(=O)COCc1nnc(C(=O)Nc2cccc(Cl)c2)s1)c1cccs1. The molecule has 1 aromatic carbocycles. The number of halogens is 1. The Labute approximate surface area is 187 Å². The van der Waals surface area contributed by atoms with Crippen LogP contribution in [0.2, 0.25) is 5.02 Å². The number of ether oxygens (including phenoxy) is 1. The van der Waals surface area contributed by atoms with E-state index in [1.807, 2.05) is 17.5 Å². The number of thiophene rings is 1. The van der Waals surface area contributed by atoms with Gasteiger partial charge >= 0.3 is 0 Å². The largest absolute Gasteiger partial charge is 0.364 e. The standard InChI is InChI=1S/C20H21ClN4O3S2/c1-12(2)18(15-7-4-8-29-15)23-16(26)10-28-11-17-24-25-20(30-17)19(27)22-14-6-3-5-13(21)9-14/h3-9,12,18H,10-11H2,1-2H3,(H,22,27)(H,23,26)/t18-/m1/s1. The minimum atomic E-state index is -0.380. The monoisotopic (exact) mass is 464 g/mol. The molecule has 0 aliphatic rings. The molecule has 2 heterocycles. The highest BCUT2D eigenvalue weighted by molar-refractivity contribution is 7.13. The van der Waals surface area contributed by atoms with E-state index >= 15 is 0 Å². The van der Waals surface area contributed by atoms with E-state index in [9.17, 15) is 9.59 Å². The van der Waals surface area contributed by atoms with Gasteiger partial charge in [-0.25, -0.2) is 0 Å². The highest BCUT2D eigenvalue weighted by Crippen LogP contribution is 2.25. The molecule has 7 nitrogen and oxygen atoms in total. The maximum absolute atomic E-state index is 12.3. The minimum absolute atomic E-state index is 0.0515. The summed E-state index contributed by atoms with van der Waals surface area (Å²) in [5, 5.41) is 16.8. The summed E-state index contributed by atoms with van der Waals surface area (Å²) in [6.07, 6.45) is 0. The molecule has 0 aliphatic heterocycles. The average molecular weight is 465 g/mol. The molecule has 0 saturated carbocycles. The van der Waals surface area contributed by atoms with E-state index in [-0.39, 0.29) is 42.0 Å². The maximum atomic E-state index is 12.3. The first kappa shape index (κ1) is 22.4. The van der Waals surface area contributed by atoms with Gasteiger partial charge in [-0.3, -0.25) is 9.59 Å². The highest BCUT2D eigenvalue weighted by atomic mass is 35.5. The van der Waals surface area contributed by atoms with E-state index in [0.29, 0.717) is 15.7 Å². The number of hydrogen-bond acceptors (Lipinski definition) is 7. The number of aromatic nitrogens is 2. The van der Waals surface area contributed by atoms with Crippen molar-refractivity contribution in [2.24, 2.45) is 5.92 Å². The Bertz CT molecular complexity index is 992. The normalized spacial score (nSPS) is 12.0. The van der Waals surface area contributed by atoms with Crippen molar-refractivity contribution in [2.75, 3.05) is 11.9 Å². The third-order valence-corrected chi connectivity index (χ3v) is 6.12. The van der Waals surface area contributed by atoms with Crippen molar-refractivity contribution < 1.29 is 14.3 Å². The van der Waals surface area contributed by atoms with Crippen molar-refractivity contribution in [1.82, 2.24) is 15.5 Å². The van der Waals surface area contributed by atoms with Gasteiger partial charge in [0.1, 0.15) is 18.2 Å². The van der Waals surface area contributed by atoms with Crippen molar-refractivity contribution in [2.45, 2.75) is 26.5 Å². The van der Waals surface area contributed by atoms with Crippen molar-refractivity contribution in [1.29, 1.82) is 0 Å². The molecule has 0 unspecified atom stereocenters. The Morgan fingerprint density at radius 3 is 2.73 bits per heavy atom. The van der Waals surface area contributed by atoms with Crippen molar-refractivity contribution in [3.63, 3.8) is 0 Å². The Morgan fingerprint density at radius 2 is 2.03 bits per heavy atom. The van der Waals surface area contributed by atoms with Gasteiger partial charge in [0.15, 0.2) is 0 Å². The van der Waals surface area contributed by atoms with Gasteiger partial charge in [0.05, 0.1) is 6.04 Å². The molecule has 0 spiro atoms. The molecule has 1 atom stereocenters. The summed E-state index contributed by atoms with van der Waals surface area (Å²) in [5.41, 5.74) is 0.572. The fraction of sp³-hybridized carbons (Fsp3) is 0.300. The maximum Gasteiger partial charge on any atom is 0.286 e. The van der Waals surface area contributed by atoms with Gasteiger partial charge in [-0.2, -0.15) is 0 Å². The van der Waals surface area contributed by atoms with Crippen molar-refractivity contribution in [3.05, 3.63) is 61.7 Å². The van der Waals surface area contributed by atoms with Gasteiger partial charge in [0, 0.05) is 15.6 Å². The van der Waals surface area contributed by atoms with Crippen LogP contribution in [-0.2, 0) is 16.1 Å². The van der Waals surface area contributed by atoms with Crippen LogP contribution in [0, 0.1) is 5.92 Å². The highest BCUT2D eigenvalue weighted by Gasteiger charge is 2.19. The number of amides is 2. The summed E-state index contributed by atoms with van der Waals surface area (Å²) in [6.45, 7) is 4.12. The lowest BCUT2D eigenvalue weighted by Crippen LogP contribution is -2.33. The van der Waals surface area contributed by atoms with E-state index < -0.39 is 0 Å². The third kappa shape index (κ3) is 6.33. The Kier molecular flexibility index (Phi) is 7.92. The van der Waals surface area contributed by atoms with Crippen LogP contribution in [-0.4, -0.2) is 28.6 Å². The third-order valence-electron chi connectivity index (χ3n) is 4.04. The van der Waals surface area contributed by atoms with Gasteiger partial charge in [-0.15, -0.1) is 21.5 Å². The van der Waals surface area contributed by atoms with E-state index in [1.54, 1.807) is 35.6 Å². The second kappa shape index (κ2) is 10.6. The zero-order valence-corrected chi connectivity index (χ0v) is 18.8. The summed E-state index contributed by atoms with van der Waals surface area (Å²) in [7, 11) is 0. The lowest BCUT2D eigenvalue weighted by molar-refractivity contribution is -0.127. The molecule has 0 saturated heterocycles. The number of anilines is 1. The molecule has 2 aromatic heterocycles. The Hall–Kier alpha value is -2.33. The summed E-state index contributed by atoms with van der Waals surface area (Å²) < 4.78 is 5.46. The molecular weight excluding hydrogens is 444 g/mol. The van der Waals surface area contributed by atoms with Crippen LogP contribution in [0.4, 0.5) is 5.69 Å². The molecule has 0 aliphatic carbocycles. The lowest BCUT2D eigenvalue weighted by Gasteiger charge is -2.21. The Balaban J connectivity index is 1.47. The molecule has 158 valence electrons. The van der Waals surface area contributed by atoms with E-state index in [2.05, 4.69) is 34.7 Å². The average Bonchev–Trinajstić information content (AvgIpc) is 3.38. The zero-order chi connectivity index (χ0) is 21.5. The minimum Gasteiger partial charge on any atom is -0.364 e. The molecule has 0 radical (unpaired) electrons. The smallest absolute Gasteiger partial charge is 0.286 e. The van der Waals surface area contributed by atoms with Crippen LogP contribution in [0.15, 0.2) is 41.8 Å². The first-order valence-electron chi connectivity index (χ1n) is 9.22. The van der Waals surface area contributed by atoms with Crippen LogP contribution in [0.25, 0.3) is 0 Å². The predicted octanol–water partition coefficient (Wildman–Crippen LogP) is 4.54. The second-order valence-electron chi connectivity index (χ2n) is 6.76. The molecular formula is C20H21ClN4O3S2. The fourth-order valence-electron chi connectivity index (χ4n) is 2.64. The number of rotatable bonds is 9. The molecule has 30 heavy (non-hydrogen) atoms. The fourth-order valence-corrected chi connectivity index (χ4v) is 4.45. The molecule has 0 fully saturated rings. The first-order chi connectivity index (χ1) is 14.4. The number of nitrogens with zero attached hydrogens (tertiary/aromatic N) is 2. The summed E-state index contributed by atoms with van der Waals surface area (Å²) in [6, 6.07) is 10.8. The molecule has 10 heteroatoms. The van der Waals surface area contributed by atoms with Crippen molar-refractivity contribution >= 4 is 51.8 Å². The van der Waals surface area contributed by atoms with E-state index in [4.69, 9.17) is 16.3 Å². The number of benzene rings is 1. The van der Waals surface area contributed by atoms with Gasteiger partial charge in [0.2, 0.25) is 10.9 Å². The quantitative estimate of drug-likeness (QED) is 0.485. The number of hydrogen-bond donors (Lipinski definition) is 2. The second-order valence-corrected chi connectivity index (χ2v) is 9.24. The summed E-state index contributed by atoms with van der Waals surface area (Å²) >= 11 is 8.64. The van der Waals surface area contributed by atoms with Gasteiger partial charge in [0.25, 0.3) is 5.91 Å². The van der Waals surface area contributed by atoms with Crippen LogP contribution in [0.5, 0.6) is 0 Å². The number of carbonyl (C=O) groups is 2. The first-order valence-corrected chi connectivity index (χ1v) is 11.3. The molecule has 3 rings (SSSR count). The topological polar surface area (TPSA) is 93.2 Å². The van der Waals surface area contributed by atoms with Crippen LogP contribution < -0.4 is 10.6 Å². The lowest BCUT2D eigenvalue weighted by atomic mass is 10.0. The molecule has 0 bridgehead atoms. The number of carbonyl (C=O) groups excluding carboxylic acids is 2. The molecule has 2 N–H and O–H groups in total. The summed E-state index contributed by atoms with van der Waals surface area (Å²) in [4.78, 5) is 25.6. The Morgan fingerprint density at radius 1 is 1.20 bits per heavy atom. The van der Waals surface area contributed by atoms with Gasteiger partial charge in [-0.1, -0.05) is 48.9 Å².